The molecule has 1 atom stereocenters. The Bertz CT molecular complexity index is 870. The first kappa shape index (κ1) is 19.4. The number of carbonyl (C=O) groups is 3. The van der Waals surface area contributed by atoms with E-state index in [1.54, 1.807) is 25.2 Å². The summed E-state index contributed by atoms with van der Waals surface area (Å²) in [6.45, 7) is 1.91. The van der Waals surface area contributed by atoms with E-state index in [1.165, 1.54) is 16.2 Å². The van der Waals surface area contributed by atoms with Crippen molar-refractivity contribution in [3.63, 3.8) is 0 Å². The van der Waals surface area contributed by atoms with Crippen LogP contribution in [0.3, 0.4) is 0 Å². The zero-order chi connectivity index (χ0) is 19.6. The van der Waals surface area contributed by atoms with E-state index in [9.17, 15) is 14.4 Å². The monoisotopic (exact) mass is 405 g/mol. The van der Waals surface area contributed by atoms with E-state index in [-0.39, 0.29) is 12.5 Å². The van der Waals surface area contributed by atoms with Crippen molar-refractivity contribution in [2.75, 3.05) is 13.6 Å². The molecule has 8 heteroatoms. The number of likely N-dealkylation sites (N-methyl/N-ethyl adjacent to an activating group) is 1. The number of carbonyl (C=O) groups excluding carboxylic acids is 3. The zero-order valence-corrected chi connectivity index (χ0v) is 16.6. The average molecular weight is 406 g/mol. The van der Waals surface area contributed by atoms with Crippen molar-refractivity contribution in [2.45, 2.75) is 25.4 Å². The van der Waals surface area contributed by atoms with Crippen LogP contribution in [-0.2, 0) is 21.7 Å². The number of urea groups is 1. The Morgan fingerprint density at radius 1 is 1.22 bits per heavy atom. The largest absolute Gasteiger partial charge is 0.339 e. The molecule has 3 rings (SSSR count). The van der Waals surface area contributed by atoms with Crippen LogP contribution in [0, 0.1) is 0 Å². The van der Waals surface area contributed by atoms with E-state index in [4.69, 9.17) is 11.6 Å². The molecule has 0 saturated carbocycles. The maximum absolute atomic E-state index is 13.0. The molecular formula is C19H20ClN3O3S. The Balaban J connectivity index is 1.74. The van der Waals surface area contributed by atoms with Crippen molar-refractivity contribution in [1.29, 1.82) is 0 Å². The minimum absolute atomic E-state index is 0.297. The fourth-order valence-electron chi connectivity index (χ4n) is 3.15. The maximum atomic E-state index is 13.0. The molecule has 1 aromatic carbocycles. The van der Waals surface area contributed by atoms with Gasteiger partial charge in [0, 0.05) is 11.9 Å². The molecule has 1 saturated heterocycles. The molecule has 2 heterocycles. The van der Waals surface area contributed by atoms with E-state index < -0.39 is 17.5 Å². The molecule has 0 aliphatic carbocycles. The van der Waals surface area contributed by atoms with Gasteiger partial charge in [0.05, 0.1) is 10.9 Å². The number of nitrogens with zero attached hydrogens (tertiary/aromatic N) is 2. The highest BCUT2D eigenvalue weighted by atomic mass is 35.5. The number of nitrogens with one attached hydrogen (secondary N) is 1. The third-order valence-corrected chi connectivity index (χ3v) is 5.93. The summed E-state index contributed by atoms with van der Waals surface area (Å²) in [5.41, 5.74) is -0.416. The predicted octanol–water partition coefficient (Wildman–Crippen LogP) is 3.22. The topological polar surface area (TPSA) is 69.7 Å². The third kappa shape index (κ3) is 3.70. The lowest BCUT2D eigenvalue weighted by atomic mass is 9.87. The standard InChI is InChI=1S/C19H20ClN3O3S/c1-3-19(13-7-5-4-6-8-13)17(25)23(18(26)21-19)12-16(24)22(2)11-14-9-10-15(20)27-14/h4-10H,3,11-12H2,1-2H3,(H,21,26)/t19-/m1/s1. The minimum atomic E-state index is -1.13. The smallest absolute Gasteiger partial charge is 0.325 e. The Morgan fingerprint density at radius 2 is 1.93 bits per heavy atom. The number of halogens is 1. The SMILES string of the molecule is CC[C@]1(c2ccccc2)NC(=O)N(CC(=O)N(C)Cc2ccc(Cl)s2)C1=O. The second kappa shape index (κ2) is 7.70. The van der Waals surface area contributed by atoms with Crippen LogP contribution in [0.1, 0.15) is 23.8 Å². The van der Waals surface area contributed by atoms with Crippen molar-refractivity contribution >= 4 is 40.8 Å². The molecule has 142 valence electrons. The van der Waals surface area contributed by atoms with Crippen LogP contribution in [0.4, 0.5) is 4.79 Å². The number of rotatable bonds is 6. The summed E-state index contributed by atoms with van der Waals surface area (Å²) >= 11 is 7.30. The molecule has 1 aromatic heterocycles. The van der Waals surface area contributed by atoms with Gasteiger partial charge >= 0.3 is 6.03 Å². The number of imide groups is 1. The molecule has 0 unspecified atom stereocenters. The van der Waals surface area contributed by atoms with Crippen molar-refractivity contribution in [3.05, 3.63) is 57.2 Å². The van der Waals surface area contributed by atoms with Gasteiger partial charge in [-0.3, -0.25) is 14.5 Å². The number of hydrogen-bond acceptors (Lipinski definition) is 4. The van der Waals surface area contributed by atoms with Crippen LogP contribution < -0.4 is 5.32 Å². The summed E-state index contributed by atoms with van der Waals surface area (Å²) in [6, 6.07) is 12.2. The summed E-state index contributed by atoms with van der Waals surface area (Å²) in [7, 11) is 1.64. The lowest BCUT2D eigenvalue weighted by Gasteiger charge is -2.26. The van der Waals surface area contributed by atoms with Gasteiger partial charge in [-0.05, 0) is 24.1 Å². The highest BCUT2D eigenvalue weighted by Crippen LogP contribution is 2.32. The van der Waals surface area contributed by atoms with E-state index in [0.29, 0.717) is 22.9 Å². The van der Waals surface area contributed by atoms with Gasteiger partial charge < -0.3 is 10.2 Å². The van der Waals surface area contributed by atoms with Crippen molar-refractivity contribution < 1.29 is 14.4 Å². The molecule has 1 N–H and O–H groups in total. The van der Waals surface area contributed by atoms with Gasteiger partial charge in [0.1, 0.15) is 12.1 Å². The van der Waals surface area contributed by atoms with Crippen LogP contribution in [0.15, 0.2) is 42.5 Å². The Hall–Kier alpha value is -2.38. The molecule has 6 nitrogen and oxygen atoms in total. The van der Waals surface area contributed by atoms with Crippen LogP contribution >= 0.6 is 22.9 Å². The summed E-state index contributed by atoms with van der Waals surface area (Å²) in [4.78, 5) is 41.5. The molecular weight excluding hydrogens is 386 g/mol. The number of amides is 4. The van der Waals surface area contributed by atoms with Crippen LogP contribution in [-0.4, -0.2) is 41.2 Å². The molecule has 27 heavy (non-hydrogen) atoms. The van der Waals surface area contributed by atoms with Gasteiger partial charge in [-0.15, -0.1) is 11.3 Å². The summed E-state index contributed by atoms with van der Waals surface area (Å²) in [6.07, 6.45) is 0.399. The lowest BCUT2D eigenvalue weighted by molar-refractivity contribution is -0.138. The summed E-state index contributed by atoms with van der Waals surface area (Å²) in [5.74, 6) is -0.717. The van der Waals surface area contributed by atoms with E-state index >= 15 is 0 Å². The fourth-order valence-corrected chi connectivity index (χ4v) is 4.29. The highest BCUT2D eigenvalue weighted by molar-refractivity contribution is 7.16. The van der Waals surface area contributed by atoms with Gasteiger partial charge in [-0.1, -0.05) is 48.9 Å². The molecule has 0 radical (unpaired) electrons. The first-order valence-electron chi connectivity index (χ1n) is 8.55. The first-order chi connectivity index (χ1) is 12.9. The lowest BCUT2D eigenvalue weighted by Crippen LogP contribution is -2.45. The summed E-state index contributed by atoms with van der Waals surface area (Å²) < 4.78 is 0.649. The highest BCUT2D eigenvalue weighted by Gasteiger charge is 2.51. The number of benzene rings is 1. The third-order valence-electron chi connectivity index (χ3n) is 4.71. The van der Waals surface area contributed by atoms with Crippen LogP contribution in [0.25, 0.3) is 0 Å². The molecule has 0 spiro atoms. The minimum Gasteiger partial charge on any atom is -0.339 e. The number of hydrogen-bond donors (Lipinski definition) is 1. The van der Waals surface area contributed by atoms with Crippen LogP contribution in [0.2, 0.25) is 4.34 Å². The maximum Gasteiger partial charge on any atom is 0.325 e. The Kier molecular flexibility index (Phi) is 5.53. The quantitative estimate of drug-likeness (QED) is 0.750. The van der Waals surface area contributed by atoms with Gasteiger partial charge in [0.15, 0.2) is 0 Å². The first-order valence-corrected chi connectivity index (χ1v) is 9.74. The Morgan fingerprint density at radius 3 is 2.52 bits per heavy atom. The normalized spacial score (nSPS) is 19.3. The van der Waals surface area contributed by atoms with E-state index in [2.05, 4.69) is 5.32 Å². The van der Waals surface area contributed by atoms with Crippen LogP contribution in [0.5, 0.6) is 0 Å². The Labute approximate surface area is 166 Å². The fraction of sp³-hybridized carbons (Fsp3) is 0.316. The molecule has 2 aromatic rings. The van der Waals surface area contributed by atoms with Gasteiger partial charge in [0.25, 0.3) is 5.91 Å². The molecule has 1 fully saturated rings. The average Bonchev–Trinajstić information content (AvgIpc) is 3.18. The zero-order valence-electron chi connectivity index (χ0n) is 15.1. The number of thiophene rings is 1. The second-order valence-electron chi connectivity index (χ2n) is 6.40. The molecule has 1 aliphatic heterocycles. The van der Waals surface area contributed by atoms with E-state index in [1.807, 2.05) is 31.2 Å². The summed E-state index contributed by atoms with van der Waals surface area (Å²) in [5, 5.41) is 2.78. The molecule has 4 amide bonds. The molecule has 0 bridgehead atoms. The molecule has 1 aliphatic rings. The second-order valence-corrected chi connectivity index (χ2v) is 8.20. The van der Waals surface area contributed by atoms with Crippen molar-refractivity contribution in [3.8, 4) is 0 Å². The van der Waals surface area contributed by atoms with Gasteiger partial charge in [0.2, 0.25) is 5.91 Å². The van der Waals surface area contributed by atoms with E-state index in [0.717, 1.165) is 9.78 Å². The van der Waals surface area contributed by atoms with Crippen molar-refractivity contribution in [2.24, 2.45) is 0 Å². The predicted molar refractivity (Wildman–Crippen MR) is 104 cm³/mol. The van der Waals surface area contributed by atoms with Gasteiger partial charge in [-0.25, -0.2) is 4.79 Å². The van der Waals surface area contributed by atoms with Gasteiger partial charge in [-0.2, -0.15) is 0 Å². The van der Waals surface area contributed by atoms with Crippen molar-refractivity contribution in [1.82, 2.24) is 15.1 Å².